The molecule has 9 heavy (non-hydrogen) atoms. The van der Waals surface area contributed by atoms with Crippen LogP contribution in [0.1, 0.15) is 19.8 Å². The van der Waals surface area contributed by atoms with Crippen LogP contribution < -0.4 is 0 Å². The van der Waals surface area contributed by atoms with Gasteiger partial charge in [-0.25, -0.2) is 0 Å². The number of aliphatic hydroxyl groups excluding tert-OH is 1. The predicted octanol–water partition coefficient (Wildman–Crippen LogP) is 1.64. The van der Waals surface area contributed by atoms with Crippen LogP contribution in [0.15, 0.2) is 23.8 Å². The second kappa shape index (κ2) is 2.83. The van der Waals surface area contributed by atoms with Crippen molar-refractivity contribution in [2.24, 2.45) is 0 Å². The summed E-state index contributed by atoms with van der Waals surface area (Å²) in [5.74, 6) is 0. The molecule has 0 radical (unpaired) electrons. The molecular formula is C8H12O. The molecular weight excluding hydrogens is 112 g/mol. The molecule has 0 aromatic carbocycles. The van der Waals surface area contributed by atoms with Crippen LogP contribution in [0.2, 0.25) is 0 Å². The molecule has 0 aliphatic heterocycles. The summed E-state index contributed by atoms with van der Waals surface area (Å²) in [6.07, 6.45) is 7.75. The molecule has 0 aromatic heterocycles. The summed E-state index contributed by atoms with van der Waals surface area (Å²) in [6, 6.07) is 0. The molecule has 0 aromatic rings. The molecule has 50 valence electrons. The first-order valence-corrected chi connectivity index (χ1v) is 3.35. The molecule has 1 unspecified atom stereocenters. The quantitative estimate of drug-likeness (QED) is 0.563. The van der Waals surface area contributed by atoms with Crippen molar-refractivity contribution in [1.29, 1.82) is 0 Å². The normalized spacial score (nSPS) is 27.3. The van der Waals surface area contributed by atoms with E-state index in [9.17, 15) is 5.11 Å². The van der Waals surface area contributed by atoms with E-state index < -0.39 is 0 Å². The molecule has 1 aliphatic rings. The fourth-order valence-electron chi connectivity index (χ4n) is 1.08. The fraction of sp³-hybridized carbons (Fsp3) is 0.500. The third kappa shape index (κ3) is 1.42. The van der Waals surface area contributed by atoms with Gasteiger partial charge in [-0.3, -0.25) is 0 Å². The van der Waals surface area contributed by atoms with Crippen molar-refractivity contribution in [3.63, 3.8) is 0 Å². The van der Waals surface area contributed by atoms with Crippen molar-refractivity contribution in [2.75, 3.05) is 0 Å². The Bertz CT molecular complexity index is 145. The van der Waals surface area contributed by atoms with E-state index in [2.05, 4.69) is 6.08 Å². The molecule has 1 nitrogen and oxygen atoms in total. The lowest BCUT2D eigenvalue weighted by molar-refractivity contribution is 0.215. The Labute approximate surface area is 55.7 Å². The van der Waals surface area contributed by atoms with Gasteiger partial charge in [-0.05, 0) is 25.3 Å². The van der Waals surface area contributed by atoms with Crippen molar-refractivity contribution >= 4 is 0 Å². The Hall–Kier alpha value is -0.560. The van der Waals surface area contributed by atoms with E-state index in [0.717, 1.165) is 18.4 Å². The Kier molecular flexibility index (Phi) is 2.06. The summed E-state index contributed by atoms with van der Waals surface area (Å²) in [5, 5.41) is 9.20. The van der Waals surface area contributed by atoms with Gasteiger partial charge in [0.05, 0.1) is 6.10 Å². The van der Waals surface area contributed by atoms with Crippen LogP contribution in [0.4, 0.5) is 0 Å². The van der Waals surface area contributed by atoms with Crippen LogP contribution in [0, 0.1) is 0 Å². The lowest BCUT2D eigenvalue weighted by Crippen LogP contribution is -2.01. The SMILES string of the molecule is C/C=C\C1=CCCC1O. The maximum atomic E-state index is 9.20. The smallest absolute Gasteiger partial charge is 0.0789 e. The van der Waals surface area contributed by atoms with Gasteiger partial charge in [0.2, 0.25) is 0 Å². The fourth-order valence-corrected chi connectivity index (χ4v) is 1.08. The van der Waals surface area contributed by atoms with E-state index in [1.807, 2.05) is 19.1 Å². The highest BCUT2D eigenvalue weighted by Gasteiger charge is 2.11. The summed E-state index contributed by atoms with van der Waals surface area (Å²) in [6.45, 7) is 1.96. The van der Waals surface area contributed by atoms with Crippen LogP contribution >= 0.6 is 0 Å². The van der Waals surface area contributed by atoms with E-state index in [1.54, 1.807) is 0 Å². The molecule has 1 heteroatoms. The average Bonchev–Trinajstić information content (AvgIpc) is 2.18. The van der Waals surface area contributed by atoms with Crippen LogP contribution in [0.25, 0.3) is 0 Å². The largest absolute Gasteiger partial charge is 0.388 e. The number of hydrogen-bond donors (Lipinski definition) is 1. The number of allylic oxidation sites excluding steroid dienone is 2. The molecule has 0 heterocycles. The third-order valence-corrected chi connectivity index (χ3v) is 1.56. The topological polar surface area (TPSA) is 20.2 Å². The van der Waals surface area contributed by atoms with Crippen LogP contribution in [0.3, 0.4) is 0 Å². The molecule has 1 aliphatic carbocycles. The molecule has 0 saturated heterocycles. The Morgan fingerprint density at radius 2 is 2.56 bits per heavy atom. The first kappa shape index (κ1) is 6.56. The predicted molar refractivity (Wildman–Crippen MR) is 38.1 cm³/mol. The van der Waals surface area contributed by atoms with Crippen LogP contribution in [-0.4, -0.2) is 11.2 Å². The maximum Gasteiger partial charge on any atom is 0.0789 e. The first-order valence-electron chi connectivity index (χ1n) is 3.35. The van der Waals surface area contributed by atoms with Crippen molar-refractivity contribution in [3.05, 3.63) is 23.8 Å². The molecule has 0 bridgehead atoms. The molecule has 0 fully saturated rings. The molecule has 1 rings (SSSR count). The summed E-state index contributed by atoms with van der Waals surface area (Å²) in [4.78, 5) is 0. The van der Waals surface area contributed by atoms with Gasteiger partial charge in [0.15, 0.2) is 0 Å². The Morgan fingerprint density at radius 3 is 3.00 bits per heavy atom. The van der Waals surface area contributed by atoms with Gasteiger partial charge in [0.1, 0.15) is 0 Å². The van der Waals surface area contributed by atoms with Crippen molar-refractivity contribution in [1.82, 2.24) is 0 Å². The van der Waals surface area contributed by atoms with Crippen LogP contribution in [0.5, 0.6) is 0 Å². The number of hydrogen-bond acceptors (Lipinski definition) is 1. The Balaban J connectivity index is 2.57. The van der Waals surface area contributed by atoms with Gasteiger partial charge in [0.25, 0.3) is 0 Å². The summed E-state index contributed by atoms with van der Waals surface area (Å²) < 4.78 is 0. The van der Waals surface area contributed by atoms with E-state index in [4.69, 9.17) is 0 Å². The summed E-state index contributed by atoms with van der Waals surface area (Å²) in [5.41, 5.74) is 1.08. The molecule has 1 N–H and O–H groups in total. The zero-order valence-corrected chi connectivity index (χ0v) is 5.67. The number of aliphatic hydroxyl groups is 1. The lowest BCUT2D eigenvalue weighted by Gasteiger charge is -2.00. The lowest BCUT2D eigenvalue weighted by atomic mass is 10.2. The molecule has 0 amide bonds. The van der Waals surface area contributed by atoms with Crippen molar-refractivity contribution in [2.45, 2.75) is 25.9 Å². The zero-order chi connectivity index (χ0) is 6.69. The first-order chi connectivity index (χ1) is 4.34. The zero-order valence-electron chi connectivity index (χ0n) is 5.67. The van der Waals surface area contributed by atoms with Gasteiger partial charge in [-0.1, -0.05) is 18.2 Å². The average molecular weight is 124 g/mol. The summed E-state index contributed by atoms with van der Waals surface area (Å²) >= 11 is 0. The van der Waals surface area contributed by atoms with E-state index >= 15 is 0 Å². The molecule has 0 saturated carbocycles. The van der Waals surface area contributed by atoms with Crippen molar-refractivity contribution < 1.29 is 5.11 Å². The highest BCUT2D eigenvalue weighted by molar-refractivity contribution is 5.25. The minimum absolute atomic E-state index is 0.193. The van der Waals surface area contributed by atoms with Gasteiger partial charge >= 0.3 is 0 Å². The second-order valence-corrected chi connectivity index (χ2v) is 2.30. The monoisotopic (exact) mass is 124 g/mol. The second-order valence-electron chi connectivity index (χ2n) is 2.30. The van der Waals surface area contributed by atoms with E-state index in [-0.39, 0.29) is 6.10 Å². The molecule has 1 atom stereocenters. The van der Waals surface area contributed by atoms with Crippen LogP contribution in [-0.2, 0) is 0 Å². The van der Waals surface area contributed by atoms with Crippen molar-refractivity contribution in [3.8, 4) is 0 Å². The van der Waals surface area contributed by atoms with Gasteiger partial charge in [-0.2, -0.15) is 0 Å². The minimum Gasteiger partial charge on any atom is -0.388 e. The Morgan fingerprint density at radius 1 is 1.78 bits per heavy atom. The van der Waals surface area contributed by atoms with E-state index in [0.29, 0.717) is 0 Å². The summed E-state index contributed by atoms with van der Waals surface area (Å²) in [7, 11) is 0. The highest BCUT2D eigenvalue weighted by Crippen LogP contribution is 2.18. The van der Waals surface area contributed by atoms with Gasteiger partial charge < -0.3 is 5.11 Å². The molecule has 0 spiro atoms. The minimum atomic E-state index is -0.193. The standard InChI is InChI=1S/C8H12O/c1-2-4-7-5-3-6-8(7)9/h2,4-5,8-9H,3,6H2,1H3/b4-2-. The third-order valence-electron chi connectivity index (χ3n) is 1.56. The maximum absolute atomic E-state index is 9.20. The number of rotatable bonds is 1. The highest BCUT2D eigenvalue weighted by atomic mass is 16.3. The van der Waals surface area contributed by atoms with E-state index in [1.165, 1.54) is 0 Å². The van der Waals surface area contributed by atoms with Gasteiger partial charge in [0, 0.05) is 0 Å². The van der Waals surface area contributed by atoms with Gasteiger partial charge in [-0.15, -0.1) is 0 Å².